The lowest BCUT2D eigenvalue weighted by Crippen LogP contribution is -2.32. The number of amides is 3. The molecular weight excluding hydrogens is 428 g/mol. The van der Waals surface area contributed by atoms with Gasteiger partial charge in [-0.25, -0.2) is 13.2 Å². The van der Waals surface area contributed by atoms with Gasteiger partial charge in [-0.05, 0) is 49.6 Å². The number of nitrogens with zero attached hydrogens (tertiary/aromatic N) is 1. The van der Waals surface area contributed by atoms with Gasteiger partial charge < -0.3 is 16.0 Å². The summed E-state index contributed by atoms with van der Waals surface area (Å²) in [6.45, 7) is 2.95. The molecule has 9 heteroatoms. The third kappa shape index (κ3) is 6.54. The third-order valence-corrected chi connectivity index (χ3v) is 7.36. The Morgan fingerprint density at radius 1 is 0.906 bits per heavy atom. The highest BCUT2D eigenvalue weighted by Gasteiger charge is 2.27. The van der Waals surface area contributed by atoms with Gasteiger partial charge in [-0.1, -0.05) is 37.1 Å². The third-order valence-electron chi connectivity index (χ3n) is 5.32. The lowest BCUT2D eigenvalue weighted by molar-refractivity contribution is -0.116. The number of hydrogen-bond acceptors (Lipinski definition) is 4. The zero-order valence-electron chi connectivity index (χ0n) is 18.3. The van der Waals surface area contributed by atoms with Crippen LogP contribution in [0.15, 0.2) is 53.4 Å². The van der Waals surface area contributed by atoms with Crippen LogP contribution in [0.4, 0.5) is 16.2 Å². The largest absolute Gasteiger partial charge is 0.337 e. The number of hydrogen-bond donors (Lipinski definition) is 3. The van der Waals surface area contributed by atoms with Crippen LogP contribution < -0.4 is 16.0 Å². The van der Waals surface area contributed by atoms with Gasteiger partial charge in [0.15, 0.2) is 0 Å². The molecule has 0 aromatic heterocycles. The number of carbonyl (C=O) groups is 2. The summed E-state index contributed by atoms with van der Waals surface area (Å²) in [4.78, 5) is 24.4. The second kappa shape index (κ2) is 11.1. The Balaban J connectivity index is 1.55. The lowest BCUT2D eigenvalue weighted by atomic mass is 10.2. The van der Waals surface area contributed by atoms with E-state index in [0.717, 1.165) is 25.7 Å². The van der Waals surface area contributed by atoms with E-state index in [-0.39, 0.29) is 23.8 Å². The van der Waals surface area contributed by atoms with E-state index in [4.69, 9.17) is 0 Å². The first kappa shape index (κ1) is 23.7. The van der Waals surface area contributed by atoms with Crippen molar-refractivity contribution in [3.8, 4) is 0 Å². The van der Waals surface area contributed by atoms with Crippen LogP contribution in [0.1, 0.15) is 37.7 Å². The van der Waals surface area contributed by atoms with Gasteiger partial charge in [-0.15, -0.1) is 0 Å². The Bertz CT molecular complexity index is 1030. The maximum absolute atomic E-state index is 13.2. The molecule has 1 aliphatic rings. The Labute approximate surface area is 189 Å². The number of urea groups is 1. The maximum atomic E-state index is 13.2. The number of rotatable bonds is 7. The molecule has 2 aromatic rings. The first-order valence-electron chi connectivity index (χ1n) is 10.9. The fourth-order valence-electron chi connectivity index (χ4n) is 3.59. The van der Waals surface area contributed by atoms with Crippen molar-refractivity contribution in [2.45, 2.75) is 43.9 Å². The average molecular weight is 459 g/mol. The van der Waals surface area contributed by atoms with Gasteiger partial charge in [0.1, 0.15) is 0 Å². The summed E-state index contributed by atoms with van der Waals surface area (Å²) >= 11 is 0. The number of carbonyl (C=O) groups excluding carboxylic acids is 2. The maximum Gasteiger partial charge on any atom is 0.319 e. The Hall–Kier alpha value is -2.91. The molecule has 0 radical (unpaired) electrons. The van der Waals surface area contributed by atoms with Gasteiger partial charge in [-0.3, -0.25) is 4.79 Å². The average Bonchev–Trinajstić information content (AvgIpc) is 3.06. The summed E-state index contributed by atoms with van der Waals surface area (Å²) in [6, 6.07) is 13.5. The molecule has 32 heavy (non-hydrogen) atoms. The Kier molecular flexibility index (Phi) is 8.24. The first-order chi connectivity index (χ1) is 15.4. The summed E-state index contributed by atoms with van der Waals surface area (Å²) in [5.74, 6) is -0.313. The van der Waals surface area contributed by atoms with Crippen molar-refractivity contribution in [3.05, 3.63) is 54.1 Å². The first-order valence-corrected chi connectivity index (χ1v) is 12.3. The van der Waals surface area contributed by atoms with Crippen LogP contribution in [0.25, 0.3) is 0 Å². The second-order valence-electron chi connectivity index (χ2n) is 7.84. The second-order valence-corrected chi connectivity index (χ2v) is 9.75. The summed E-state index contributed by atoms with van der Waals surface area (Å²) in [7, 11) is -3.62. The van der Waals surface area contributed by atoms with Crippen LogP contribution in [-0.2, 0) is 14.8 Å². The van der Waals surface area contributed by atoms with Crippen molar-refractivity contribution in [2.24, 2.45) is 0 Å². The minimum absolute atomic E-state index is 0.0598. The Morgan fingerprint density at radius 2 is 1.59 bits per heavy atom. The zero-order chi connectivity index (χ0) is 23.0. The molecule has 0 spiro atoms. The molecule has 0 unspecified atom stereocenters. The van der Waals surface area contributed by atoms with Gasteiger partial charge in [0.25, 0.3) is 0 Å². The number of aryl methyl sites for hydroxylation is 1. The molecule has 0 bridgehead atoms. The molecule has 0 atom stereocenters. The predicted molar refractivity (Wildman–Crippen MR) is 125 cm³/mol. The van der Waals surface area contributed by atoms with Crippen LogP contribution in [0, 0.1) is 6.92 Å². The van der Waals surface area contributed by atoms with Crippen molar-refractivity contribution < 1.29 is 18.0 Å². The molecule has 1 fully saturated rings. The van der Waals surface area contributed by atoms with Crippen molar-refractivity contribution >= 4 is 33.3 Å². The molecule has 1 heterocycles. The molecule has 3 N–H and O–H groups in total. The molecular formula is C23H30N4O4S. The normalized spacial score (nSPS) is 14.9. The highest BCUT2D eigenvalue weighted by atomic mass is 32.2. The van der Waals surface area contributed by atoms with Gasteiger partial charge in [-0.2, -0.15) is 4.31 Å². The molecule has 1 aliphatic heterocycles. The van der Waals surface area contributed by atoms with Crippen LogP contribution in [0.3, 0.4) is 0 Å². The van der Waals surface area contributed by atoms with Crippen molar-refractivity contribution in [2.75, 3.05) is 30.3 Å². The lowest BCUT2D eigenvalue weighted by Gasteiger charge is -2.21. The minimum Gasteiger partial charge on any atom is -0.337 e. The SMILES string of the molecule is Cc1ccc(NC(=O)CCNC(=O)Nc2ccccc2)cc1S(=O)(=O)N1CCCCCC1. The monoisotopic (exact) mass is 458 g/mol. The van der Waals surface area contributed by atoms with E-state index >= 15 is 0 Å². The summed E-state index contributed by atoms with van der Waals surface area (Å²) in [5.41, 5.74) is 1.72. The van der Waals surface area contributed by atoms with E-state index in [9.17, 15) is 18.0 Å². The van der Waals surface area contributed by atoms with Crippen molar-refractivity contribution in [3.63, 3.8) is 0 Å². The summed E-state index contributed by atoms with van der Waals surface area (Å²) < 4.78 is 27.9. The molecule has 0 aliphatic carbocycles. The topological polar surface area (TPSA) is 108 Å². The number of nitrogens with one attached hydrogen (secondary N) is 3. The van der Waals surface area contributed by atoms with Gasteiger partial charge >= 0.3 is 6.03 Å². The number of benzene rings is 2. The summed E-state index contributed by atoms with van der Waals surface area (Å²) in [5, 5.41) is 8.03. The summed E-state index contributed by atoms with van der Waals surface area (Å²) in [6.07, 6.45) is 3.86. The molecule has 2 aromatic carbocycles. The Morgan fingerprint density at radius 3 is 2.28 bits per heavy atom. The van der Waals surface area contributed by atoms with E-state index < -0.39 is 16.1 Å². The van der Waals surface area contributed by atoms with Crippen LogP contribution in [0.2, 0.25) is 0 Å². The van der Waals surface area contributed by atoms with E-state index in [2.05, 4.69) is 16.0 Å². The highest BCUT2D eigenvalue weighted by molar-refractivity contribution is 7.89. The number of sulfonamides is 1. The van der Waals surface area contributed by atoms with Crippen LogP contribution in [-0.4, -0.2) is 44.3 Å². The highest BCUT2D eigenvalue weighted by Crippen LogP contribution is 2.25. The van der Waals surface area contributed by atoms with E-state index in [1.165, 1.54) is 6.07 Å². The number of para-hydroxylation sites is 1. The van der Waals surface area contributed by atoms with Crippen molar-refractivity contribution in [1.29, 1.82) is 0 Å². The quantitative estimate of drug-likeness (QED) is 0.588. The fourth-order valence-corrected chi connectivity index (χ4v) is 5.35. The molecule has 3 rings (SSSR count). The minimum atomic E-state index is -3.62. The fraction of sp³-hybridized carbons (Fsp3) is 0.391. The smallest absolute Gasteiger partial charge is 0.319 e. The molecule has 0 saturated carbocycles. The zero-order valence-corrected chi connectivity index (χ0v) is 19.1. The molecule has 8 nitrogen and oxygen atoms in total. The van der Waals surface area contributed by atoms with E-state index in [0.29, 0.717) is 30.0 Å². The van der Waals surface area contributed by atoms with Crippen LogP contribution >= 0.6 is 0 Å². The van der Waals surface area contributed by atoms with Gasteiger partial charge in [0, 0.05) is 37.4 Å². The molecule has 1 saturated heterocycles. The molecule has 172 valence electrons. The van der Waals surface area contributed by atoms with Crippen LogP contribution in [0.5, 0.6) is 0 Å². The molecule has 3 amide bonds. The van der Waals surface area contributed by atoms with E-state index in [1.807, 2.05) is 18.2 Å². The van der Waals surface area contributed by atoms with Crippen molar-refractivity contribution in [1.82, 2.24) is 9.62 Å². The predicted octanol–water partition coefficient (Wildman–Crippen LogP) is 3.71. The number of anilines is 2. The van der Waals surface area contributed by atoms with Gasteiger partial charge in [0.05, 0.1) is 4.90 Å². The standard InChI is InChI=1S/C23H30N4O4S/c1-18-11-12-20(17-21(18)32(30,31)27-15-7-2-3-8-16-27)25-22(28)13-14-24-23(29)26-19-9-5-4-6-10-19/h4-6,9-12,17H,2-3,7-8,13-16H2,1H3,(H,25,28)(H2,24,26,29). The van der Waals surface area contributed by atoms with E-state index in [1.54, 1.807) is 35.5 Å². The van der Waals surface area contributed by atoms with Gasteiger partial charge in [0.2, 0.25) is 15.9 Å².